The number of pyridine rings is 2. The van der Waals surface area contributed by atoms with Crippen molar-refractivity contribution in [2.24, 2.45) is 5.92 Å². The zero-order chi connectivity index (χ0) is 16.1. The van der Waals surface area contributed by atoms with Gasteiger partial charge < -0.3 is 10.6 Å². The SMILES string of the molecule is Cc1cc(NC(=O)C(C)C)ncc1NC(=O)c1ccncc1. The standard InChI is InChI=1S/C16H18N4O2/c1-10(2)15(21)20-14-8-11(3)13(9-18-14)19-16(22)12-4-6-17-7-5-12/h4-10H,1-3H3,(H,19,22)(H,18,20,21). The van der Waals surface area contributed by atoms with E-state index < -0.39 is 0 Å². The van der Waals surface area contributed by atoms with Crippen molar-refractivity contribution in [2.75, 3.05) is 10.6 Å². The number of nitrogens with one attached hydrogen (secondary N) is 2. The molecular weight excluding hydrogens is 280 g/mol. The van der Waals surface area contributed by atoms with E-state index in [1.54, 1.807) is 30.6 Å². The highest BCUT2D eigenvalue weighted by molar-refractivity contribution is 6.04. The molecule has 0 aliphatic heterocycles. The van der Waals surface area contributed by atoms with E-state index in [1.165, 1.54) is 6.20 Å². The van der Waals surface area contributed by atoms with Crippen LogP contribution in [0.3, 0.4) is 0 Å². The Balaban J connectivity index is 2.10. The van der Waals surface area contributed by atoms with Crippen LogP contribution in [0, 0.1) is 12.8 Å². The maximum Gasteiger partial charge on any atom is 0.255 e. The molecule has 0 aliphatic rings. The lowest BCUT2D eigenvalue weighted by atomic mass is 10.2. The second-order valence-corrected chi connectivity index (χ2v) is 5.22. The molecule has 2 rings (SSSR count). The number of aromatic nitrogens is 2. The van der Waals surface area contributed by atoms with Crippen molar-refractivity contribution < 1.29 is 9.59 Å². The smallest absolute Gasteiger partial charge is 0.255 e. The Morgan fingerprint density at radius 3 is 2.41 bits per heavy atom. The summed E-state index contributed by atoms with van der Waals surface area (Å²) in [6, 6.07) is 4.99. The second-order valence-electron chi connectivity index (χ2n) is 5.22. The van der Waals surface area contributed by atoms with Gasteiger partial charge in [0.1, 0.15) is 5.82 Å². The molecule has 22 heavy (non-hydrogen) atoms. The Labute approximate surface area is 129 Å². The number of carbonyl (C=O) groups is 2. The second kappa shape index (κ2) is 6.80. The van der Waals surface area contributed by atoms with Gasteiger partial charge in [-0.15, -0.1) is 0 Å². The molecular formula is C16H18N4O2. The Kier molecular flexibility index (Phi) is 4.83. The molecule has 0 unspecified atom stereocenters. The van der Waals surface area contributed by atoms with Gasteiger partial charge in [0.25, 0.3) is 5.91 Å². The number of amides is 2. The molecule has 0 aliphatic carbocycles. The lowest BCUT2D eigenvalue weighted by molar-refractivity contribution is -0.118. The van der Waals surface area contributed by atoms with Crippen molar-refractivity contribution in [1.82, 2.24) is 9.97 Å². The molecule has 6 nitrogen and oxygen atoms in total. The van der Waals surface area contributed by atoms with E-state index in [9.17, 15) is 9.59 Å². The van der Waals surface area contributed by atoms with Gasteiger partial charge in [0.15, 0.2) is 0 Å². The van der Waals surface area contributed by atoms with E-state index in [2.05, 4.69) is 20.6 Å². The minimum atomic E-state index is -0.230. The first-order valence-corrected chi connectivity index (χ1v) is 6.96. The highest BCUT2D eigenvalue weighted by atomic mass is 16.2. The summed E-state index contributed by atoms with van der Waals surface area (Å²) in [7, 11) is 0. The molecule has 2 aromatic heterocycles. The number of anilines is 2. The molecule has 114 valence electrons. The zero-order valence-electron chi connectivity index (χ0n) is 12.8. The van der Waals surface area contributed by atoms with Gasteiger partial charge in [0.2, 0.25) is 5.91 Å². The van der Waals surface area contributed by atoms with Crippen LogP contribution in [0.5, 0.6) is 0 Å². The van der Waals surface area contributed by atoms with Gasteiger partial charge in [0, 0.05) is 23.9 Å². The Morgan fingerprint density at radius 2 is 1.82 bits per heavy atom. The third-order valence-corrected chi connectivity index (χ3v) is 3.08. The van der Waals surface area contributed by atoms with Crippen LogP contribution in [-0.2, 0) is 4.79 Å². The van der Waals surface area contributed by atoms with Crippen LogP contribution in [0.1, 0.15) is 29.8 Å². The highest BCUT2D eigenvalue weighted by Crippen LogP contribution is 2.18. The summed E-state index contributed by atoms with van der Waals surface area (Å²) < 4.78 is 0. The highest BCUT2D eigenvalue weighted by Gasteiger charge is 2.11. The van der Waals surface area contributed by atoms with Crippen molar-refractivity contribution in [3.63, 3.8) is 0 Å². The fraction of sp³-hybridized carbons (Fsp3) is 0.250. The van der Waals surface area contributed by atoms with E-state index in [1.807, 2.05) is 20.8 Å². The summed E-state index contributed by atoms with van der Waals surface area (Å²) in [5.74, 6) is 0.0259. The van der Waals surface area contributed by atoms with Gasteiger partial charge in [-0.05, 0) is 30.7 Å². The van der Waals surface area contributed by atoms with Crippen LogP contribution >= 0.6 is 0 Å². The molecule has 0 saturated carbocycles. The van der Waals surface area contributed by atoms with Crippen LogP contribution in [0.2, 0.25) is 0 Å². The first kappa shape index (κ1) is 15.6. The zero-order valence-corrected chi connectivity index (χ0v) is 12.8. The minimum absolute atomic E-state index is 0.0968. The molecule has 0 atom stereocenters. The van der Waals surface area contributed by atoms with Gasteiger partial charge >= 0.3 is 0 Å². The summed E-state index contributed by atoms with van der Waals surface area (Å²) in [5.41, 5.74) is 1.94. The molecule has 2 aromatic rings. The molecule has 0 radical (unpaired) electrons. The van der Waals surface area contributed by atoms with Crippen LogP contribution in [0.4, 0.5) is 11.5 Å². The monoisotopic (exact) mass is 298 g/mol. The summed E-state index contributed by atoms with van der Waals surface area (Å²) in [4.78, 5) is 31.7. The predicted molar refractivity (Wildman–Crippen MR) is 84.6 cm³/mol. The number of rotatable bonds is 4. The van der Waals surface area contributed by atoms with Crippen molar-refractivity contribution >= 4 is 23.3 Å². The summed E-state index contributed by atoms with van der Waals surface area (Å²) in [5, 5.41) is 5.51. The maximum absolute atomic E-state index is 12.1. The molecule has 0 saturated heterocycles. The molecule has 6 heteroatoms. The van der Waals surface area contributed by atoms with Crippen LogP contribution < -0.4 is 10.6 Å². The number of hydrogen-bond acceptors (Lipinski definition) is 4. The third kappa shape index (κ3) is 3.88. The summed E-state index contributed by atoms with van der Waals surface area (Å²) in [6.07, 6.45) is 4.65. The fourth-order valence-corrected chi connectivity index (χ4v) is 1.72. The van der Waals surface area contributed by atoms with Crippen molar-refractivity contribution in [1.29, 1.82) is 0 Å². The first-order chi connectivity index (χ1) is 10.5. The summed E-state index contributed by atoms with van der Waals surface area (Å²) in [6.45, 7) is 5.46. The Bertz CT molecular complexity index is 684. The lowest BCUT2D eigenvalue weighted by Crippen LogP contribution is -2.19. The van der Waals surface area contributed by atoms with E-state index >= 15 is 0 Å². The molecule has 2 heterocycles. The Hall–Kier alpha value is -2.76. The number of carbonyl (C=O) groups excluding carboxylic acids is 2. The fourth-order valence-electron chi connectivity index (χ4n) is 1.72. The van der Waals surface area contributed by atoms with Crippen LogP contribution in [-0.4, -0.2) is 21.8 Å². The van der Waals surface area contributed by atoms with Crippen molar-refractivity contribution in [2.45, 2.75) is 20.8 Å². The van der Waals surface area contributed by atoms with E-state index in [4.69, 9.17) is 0 Å². The third-order valence-electron chi connectivity index (χ3n) is 3.08. The topological polar surface area (TPSA) is 84.0 Å². The molecule has 0 aromatic carbocycles. The lowest BCUT2D eigenvalue weighted by Gasteiger charge is -2.11. The summed E-state index contributed by atoms with van der Waals surface area (Å²) >= 11 is 0. The molecule has 2 N–H and O–H groups in total. The van der Waals surface area contributed by atoms with Gasteiger partial charge in [-0.25, -0.2) is 4.98 Å². The number of nitrogens with zero attached hydrogens (tertiary/aromatic N) is 2. The van der Waals surface area contributed by atoms with Crippen molar-refractivity contribution in [3.05, 3.63) is 47.9 Å². The van der Waals surface area contributed by atoms with Gasteiger partial charge in [0.05, 0.1) is 11.9 Å². The molecule has 0 fully saturated rings. The average Bonchev–Trinajstić information content (AvgIpc) is 2.50. The Morgan fingerprint density at radius 1 is 1.14 bits per heavy atom. The van der Waals surface area contributed by atoms with Crippen LogP contribution in [0.15, 0.2) is 36.8 Å². The van der Waals surface area contributed by atoms with Gasteiger partial charge in [-0.3, -0.25) is 14.6 Å². The van der Waals surface area contributed by atoms with Gasteiger partial charge in [-0.2, -0.15) is 0 Å². The molecule has 0 spiro atoms. The van der Waals surface area contributed by atoms with Crippen LogP contribution in [0.25, 0.3) is 0 Å². The quantitative estimate of drug-likeness (QED) is 0.908. The predicted octanol–water partition coefficient (Wildman–Crippen LogP) is 2.63. The molecule has 2 amide bonds. The van der Waals surface area contributed by atoms with E-state index in [-0.39, 0.29) is 17.7 Å². The van der Waals surface area contributed by atoms with E-state index in [0.29, 0.717) is 17.1 Å². The number of hydrogen-bond donors (Lipinski definition) is 2. The first-order valence-electron chi connectivity index (χ1n) is 6.96. The molecule has 0 bridgehead atoms. The maximum atomic E-state index is 12.1. The van der Waals surface area contributed by atoms with Gasteiger partial charge in [-0.1, -0.05) is 13.8 Å². The largest absolute Gasteiger partial charge is 0.320 e. The number of aryl methyl sites for hydroxylation is 1. The minimum Gasteiger partial charge on any atom is -0.320 e. The van der Waals surface area contributed by atoms with Crippen molar-refractivity contribution in [3.8, 4) is 0 Å². The normalized spacial score (nSPS) is 10.4. The average molecular weight is 298 g/mol. The van der Waals surface area contributed by atoms with E-state index in [0.717, 1.165) is 5.56 Å².